The normalized spacial score (nSPS) is 14.5. The Morgan fingerprint density at radius 1 is 0.909 bits per heavy atom. The van der Waals surface area contributed by atoms with Gasteiger partial charge >= 0.3 is 0 Å². The second kappa shape index (κ2) is 10.6. The van der Waals surface area contributed by atoms with E-state index in [2.05, 4.69) is 39.5 Å². The van der Waals surface area contributed by atoms with Crippen molar-refractivity contribution in [1.29, 1.82) is 0 Å². The van der Waals surface area contributed by atoms with Gasteiger partial charge in [-0.05, 0) is 42.7 Å². The van der Waals surface area contributed by atoms with Crippen LogP contribution in [0.25, 0.3) is 22.3 Å². The van der Waals surface area contributed by atoms with E-state index in [0.29, 0.717) is 11.3 Å². The maximum atomic E-state index is 13.3. The summed E-state index contributed by atoms with van der Waals surface area (Å²) in [5.41, 5.74) is 4.27. The predicted molar refractivity (Wildman–Crippen MR) is 134 cm³/mol. The van der Waals surface area contributed by atoms with Crippen LogP contribution in [0.5, 0.6) is 0 Å². The number of hydrogen-bond acceptors (Lipinski definition) is 4. The first kappa shape index (κ1) is 22.9. The van der Waals surface area contributed by atoms with E-state index < -0.39 is 0 Å². The molecule has 1 amide bonds. The van der Waals surface area contributed by atoms with E-state index in [0.717, 1.165) is 49.1 Å². The second-order valence-electron chi connectivity index (χ2n) is 8.30. The Morgan fingerprint density at radius 3 is 2.39 bits per heavy atom. The van der Waals surface area contributed by atoms with Crippen LogP contribution < -0.4 is 5.32 Å². The highest BCUT2D eigenvalue weighted by atomic mass is 35.5. The van der Waals surface area contributed by atoms with E-state index in [1.807, 2.05) is 54.6 Å². The lowest BCUT2D eigenvalue weighted by Crippen LogP contribution is -2.44. The van der Waals surface area contributed by atoms with Gasteiger partial charge in [0.25, 0.3) is 5.91 Å². The van der Waals surface area contributed by atoms with Crippen LogP contribution in [0.3, 0.4) is 0 Å². The van der Waals surface area contributed by atoms with Crippen LogP contribution in [0.2, 0.25) is 0 Å². The number of amides is 1. The number of benzene rings is 2. The number of hydrogen-bond donors (Lipinski definition) is 1. The molecule has 0 aliphatic carbocycles. The van der Waals surface area contributed by atoms with Gasteiger partial charge in [0, 0.05) is 37.3 Å². The maximum Gasteiger partial charge on any atom is 0.252 e. The number of piperidine rings is 1. The van der Waals surface area contributed by atoms with Crippen LogP contribution in [0.1, 0.15) is 28.8 Å². The van der Waals surface area contributed by atoms with Crippen molar-refractivity contribution in [3.63, 3.8) is 0 Å². The highest BCUT2D eigenvalue weighted by molar-refractivity contribution is 6.07. The molecule has 0 bridgehead atoms. The molecule has 1 aliphatic heterocycles. The molecule has 0 unspecified atom stereocenters. The van der Waals surface area contributed by atoms with Crippen molar-refractivity contribution in [3.05, 3.63) is 96.2 Å². The van der Waals surface area contributed by atoms with Gasteiger partial charge < -0.3 is 5.32 Å². The minimum absolute atomic E-state index is 0. The minimum atomic E-state index is -0.0395. The number of nitrogens with one attached hydrogen (secondary N) is 1. The summed E-state index contributed by atoms with van der Waals surface area (Å²) in [6.07, 6.45) is 3.65. The number of fused-ring (bicyclic) bond motifs is 1. The molecule has 0 radical (unpaired) electrons. The Bertz CT molecular complexity index is 1210. The van der Waals surface area contributed by atoms with Gasteiger partial charge in [-0.25, -0.2) is 4.98 Å². The van der Waals surface area contributed by atoms with Gasteiger partial charge in [-0.2, -0.15) is 0 Å². The van der Waals surface area contributed by atoms with Gasteiger partial charge in [0.2, 0.25) is 0 Å². The fraction of sp³-hybridized carbons (Fsp3) is 0.222. The number of carbonyl (C=O) groups is 1. The first-order valence-corrected chi connectivity index (χ1v) is 11.1. The largest absolute Gasteiger partial charge is 0.349 e. The summed E-state index contributed by atoms with van der Waals surface area (Å²) in [7, 11) is 0. The van der Waals surface area contributed by atoms with Crippen molar-refractivity contribution in [3.8, 4) is 11.4 Å². The fourth-order valence-corrected chi connectivity index (χ4v) is 4.35. The fourth-order valence-electron chi connectivity index (χ4n) is 4.35. The molecule has 4 aromatic rings. The van der Waals surface area contributed by atoms with Crippen LogP contribution in [-0.4, -0.2) is 39.9 Å². The zero-order valence-electron chi connectivity index (χ0n) is 18.4. The molecule has 5 nitrogen and oxygen atoms in total. The third-order valence-electron chi connectivity index (χ3n) is 6.06. The zero-order chi connectivity index (χ0) is 21.8. The average molecular weight is 459 g/mol. The molecule has 5 rings (SSSR count). The highest BCUT2D eigenvalue weighted by Crippen LogP contribution is 2.24. The summed E-state index contributed by atoms with van der Waals surface area (Å²) in [6.45, 7) is 2.93. The van der Waals surface area contributed by atoms with Crippen LogP contribution in [0, 0.1) is 0 Å². The molecular weight excluding hydrogens is 432 g/mol. The summed E-state index contributed by atoms with van der Waals surface area (Å²) in [5.74, 6) is -0.0395. The number of para-hydroxylation sites is 1. The molecule has 6 heteroatoms. The zero-order valence-corrected chi connectivity index (χ0v) is 19.2. The first-order valence-electron chi connectivity index (χ1n) is 11.1. The molecular formula is C27H27ClN4O. The van der Waals surface area contributed by atoms with Crippen LogP contribution in [0.4, 0.5) is 0 Å². The molecule has 1 fully saturated rings. The predicted octanol–water partition coefficient (Wildman–Crippen LogP) is 5.11. The summed E-state index contributed by atoms with van der Waals surface area (Å²) in [4.78, 5) is 24.9. The third-order valence-corrected chi connectivity index (χ3v) is 6.06. The van der Waals surface area contributed by atoms with E-state index >= 15 is 0 Å². The second-order valence-corrected chi connectivity index (χ2v) is 8.30. The Kier molecular flexibility index (Phi) is 7.33. The van der Waals surface area contributed by atoms with Crippen molar-refractivity contribution in [1.82, 2.24) is 20.2 Å². The van der Waals surface area contributed by atoms with Gasteiger partial charge in [0.15, 0.2) is 0 Å². The lowest BCUT2D eigenvalue weighted by Gasteiger charge is -2.32. The smallest absolute Gasteiger partial charge is 0.252 e. The molecule has 33 heavy (non-hydrogen) atoms. The van der Waals surface area contributed by atoms with Gasteiger partial charge in [-0.1, -0.05) is 54.6 Å². The molecule has 168 valence electrons. The average Bonchev–Trinajstić information content (AvgIpc) is 2.85. The molecule has 0 spiro atoms. The number of pyridine rings is 2. The van der Waals surface area contributed by atoms with E-state index in [1.165, 1.54) is 5.56 Å². The molecule has 2 aromatic heterocycles. The van der Waals surface area contributed by atoms with Gasteiger partial charge in [-0.3, -0.25) is 14.7 Å². The van der Waals surface area contributed by atoms with Crippen molar-refractivity contribution >= 4 is 29.2 Å². The number of carbonyl (C=O) groups excluding carboxylic acids is 1. The van der Waals surface area contributed by atoms with Crippen LogP contribution >= 0.6 is 12.4 Å². The number of halogens is 1. The summed E-state index contributed by atoms with van der Waals surface area (Å²) in [6, 6.07) is 26.1. The Hall–Kier alpha value is -3.28. The van der Waals surface area contributed by atoms with E-state index in [1.54, 1.807) is 6.20 Å². The minimum Gasteiger partial charge on any atom is -0.349 e. The Morgan fingerprint density at radius 2 is 1.64 bits per heavy atom. The highest BCUT2D eigenvalue weighted by Gasteiger charge is 2.22. The monoisotopic (exact) mass is 458 g/mol. The molecule has 0 saturated carbocycles. The van der Waals surface area contributed by atoms with E-state index in [4.69, 9.17) is 4.98 Å². The van der Waals surface area contributed by atoms with Gasteiger partial charge in [-0.15, -0.1) is 12.4 Å². The van der Waals surface area contributed by atoms with Crippen molar-refractivity contribution < 1.29 is 4.79 Å². The summed E-state index contributed by atoms with van der Waals surface area (Å²) >= 11 is 0. The molecule has 0 atom stereocenters. The van der Waals surface area contributed by atoms with Crippen LogP contribution in [0.15, 0.2) is 85.1 Å². The lowest BCUT2D eigenvalue weighted by molar-refractivity contribution is 0.0910. The topological polar surface area (TPSA) is 58.1 Å². The lowest BCUT2D eigenvalue weighted by atomic mass is 10.0. The molecule has 3 heterocycles. The van der Waals surface area contributed by atoms with Gasteiger partial charge in [0.1, 0.15) is 0 Å². The summed E-state index contributed by atoms with van der Waals surface area (Å²) in [5, 5.41) is 4.14. The van der Waals surface area contributed by atoms with Crippen molar-refractivity contribution in [2.45, 2.75) is 25.4 Å². The summed E-state index contributed by atoms with van der Waals surface area (Å²) < 4.78 is 0. The number of likely N-dealkylation sites (tertiary alicyclic amines) is 1. The molecule has 1 N–H and O–H groups in total. The van der Waals surface area contributed by atoms with Gasteiger partial charge in [0.05, 0.1) is 22.5 Å². The molecule has 2 aromatic carbocycles. The Balaban J connectivity index is 0.00000259. The van der Waals surface area contributed by atoms with Crippen molar-refractivity contribution in [2.24, 2.45) is 0 Å². The molecule has 1 saturated heterocycles. The number of aromatic nitrogens is 2. The standard InChI is InChI=1S/C27H26N4O.ClH/c32-27(29-21-13-16-31(17-14-21)19-20-8-2-1-3-9-20)23-18-26(25-12-6-7-15-28-25)30-24-11-5-4-10-22(23)24;/h1-12,15,18,21H,13-14,16-17,19H2,(H,29,32);1H. The SMILES string of the molecule is Cl.O=C(NC1CCN(Cc2ccccc2)CC1)c1cc(-c2ccccn2)nc2ccccc12. The van der Waals surface area contributed by atoms with Crippen molar-refractivity contribution in [2.75, 3.05) is 13.1 Å². The quantitative estimate of drug-likeness (QED) is 0.451. The van der Waals surface area contributed by atoms with Crippen LogP contribution in [-0.2, 0) is 6.54 Å². The first-order chi connectivity index (χ1) is 15.8. The number of nitrogens with zero attached hydrogens (tertiary/aromatic N) is 3. The van der Waals surface area contributed by atoms with E-state index in [-0.39, 0.29) is 24.4 Å². The molecule has 1 aliphatic rings. The Labute approximate surface area is 200 Å². The maximum absolute atomic E-state index is 13.3. The third kappa shape index (κ3) is 5.38. The van der Waals surface area contributed by atoms with E-state index in [9.17, 15) is 4.79 Å². The number of rotatable bonds is 5.